The van der Waals surface area contributed by atoms with Gasteiger partial charge in [-0.25, -0.2) is 5.43 Å². The van der Waals surface area contributed by atoms with Gasteiger partial charge in [-0.3, -0.25) is 0 Å². The molecule has 8 heavy (non-hydrogen) atoms. The van der Waals surface area contributed by atoms with Gasteiger partial charge in [-0.05, 0) is 6.08 Å². The molecule has 0 saturated carbocycles. The van der Waals surface area contributed by atoms with Crippen LogP contribution in [0.25, 0.3) is 0 Å². The van der Waals surface area contributed by atoms with Crippen molar-refractivity contribution in [3.63, 3.8) is 0 Å². The molecule has 1 atom stereocenters. The van der Waals surface area contributed by atoms with E-state index >= 15 is 0 Å². The normalized spacial score (nSPS) is 28.5. The van der Waals surface area contributed by atoms with Gasteiger partial charge in [0, 0.05) is 20.4 Å². The predicted octanol–water partition coefficient (Wildman–Crippen LogP) is -0.0626. The Hall–Kier alpha value is -0.540. The van der Waals surface area contributed by atoms with Gasteiger partial charge in [-0.15, -0.1) is 0 Å². The molecule has 1 heterocycles. The van der Waals surface area contributed by atoms with Gasteiger partial charge in [0.05, 0.1) is 0 Å². The summed E-state index contributed by atoms with van der Waals surface area (Å²) in [6, 6.07) is 0. The summed E-state index contributed by atoms with van der Waals surface area (Å²) in [5.74, 6) is 0. The van der Waals surface area contributed by atoms with E-state index in [4.69, 9.17) is 4.74 Å². The van der Waals surface area contributed by atoms with Crippen LogP contribution >= 0.6 is 0 Å². The summed E-state index contributed by atoms with van der Waals surface area (Å²) < 4.78 is 4.97. The van der Waals surface area contributed by atoms with Gasteiger partial charge in [0.25, 0.3) is 0 Å². The summed E-state index contributed by atoms with van der Waals surface area (Å²) >= 11 is 0. The Balaban J connectivity index is 2.41. The van der Waals surface area contributed by atoms with Crippen LogP contribution in [-0.4, -0.2) is 25.4 Å². The number of rotatable bonds is 1. The van der Waals surface area contributed by atoms with E-state index in [0.29, 0.717) is 0 Å². The zero-order valence-corrected chi connectivity index (χ0v) is 5.03. The molecule has 1 unspecified atom stereocenters. The van der Waals surface area contributed by atoms with Crippen LogP contribution in [0.15, 0.2) is 12.3 Å². The molecule has 0 aromatic rings. The van der Waals surface area contributed by atoms with E-state index in [-0.39, 0.29) is 6.23 Å². The summed E-state index contributed by atoms with van der Waals surface area (Å²) in [5.41, 5.74) is 3.92. The highest BCUT2D eigenvalue weighted by Gasteiger charge is 2.14. The number of likely N-dealkylation sites (N-methyl/N-ethyl adjacent to an activating group) is 1. The van der Waals surface area contributed by atoms with Crippen molar-refractivity contribution in [2.75, 3.05) is 14.2 Å². The highest BCUT2D eigenvalue weighted by molar-refractivity contribution is 4.91. The maximum Gasteiger partial charge on any atom is 0.149 e. The molecule has 3 nitrogen and oxygen atoms in total. The Bertz CT molecular complexity index is 103. The molecule has 45 valence electrons. The molecule has 0 aromatic heterocycles. The van der Waals surface area contributed by atoms with Gasteiger partial charge in [-0.1, -0.05) is 0 Å². The van der Waals surface area contributed by atoms with E-state index in [1.54, 1.807) is 18.3 Å². The van der Waals surface area contributed by atoms with Crippen LogP contribution in [-0.2, 0) is 4.74 Å². The first-order valence-electron chi connectivity index (χ1n) is 2.47. The topological polar surface area (TPSA) is 26.6 Å². The van der Waals surface area contributed by atoms with E-state index in [1.807, 2.05) is 13.1 Å². The molecule has 0 spiro atoms. The Morgan fingerprint density at radius 1 is 1.75 bits per heavy atom. The minimum Gasteiger partial charge on any atom is -0.361 e. The van der Waals surface area contributed by atoms with Crippen molar-refractivity contribution < 1.29 is 4.74 Å². The number of ether oxygens (including phenoxy) is 1. The molecular weight excluding hydrogens is 104 g/mol. The smallest absolute Gasteiger partial charge is 0.149 e. The standard InChI is InChI=1S/C5H9N2O/c1-7-5(8-2)3-4-6-7/h3-5H,1-2H3. The summed E-state index contributed by atoms with van der Waals surface area (Å²) in [6.07, 6.45) is 3.67. The Labute approximate surface area is 48.9 Å². The molecule has 0 N–H and O–H groups in total. The Morgan fingerprint density at radius 2 is 2.50 bits per heavy atom. The molecule has 1 aliphatic rings. The average molecular weight is 113 g/mol. The maximum absolute atomic E-state index is 4.97. The average Bonchev–Trinajstić information content (AvgIpc) is 2.14. The van der Waals surface area contributed by atoms with Crippen LogP contribution in [0.1, 0.15) is 0 Å². The molecule has 1 rings (SSSR count). The third-order valence-corrected chi connectivity index (χ3v) is 1.11. The first kappa shape index (κ1) is 5.59. The van der Waals surface area contributed by atoms with E-state index in [1.165, 1.54) is 0 Å². The molecule has 1 radical (unpaired) electrons. The lowest BCUT2D eigenvalue weighted by Crippen LogP contribution is -2.30. The van der Waals surface area contributed by atoms with E-state index in [0.717, 1.165) is 0 Å². The fourth-order valence-corrected chi connectivity index (χ4v) is 0.639. The Morgan fingerprint density at radius 3 is 2.75 bits per heavy atom. The zero-order chi connectivity index (χ0) is 5.98. The minimum absolute atomic E-state index is 0.0509. The fraction of sp³-hybridized carbons (Fsp3) is 0.600. The first-order chi connectivity index (χ1) is 3.84. The van der Waals surface area contributed by atoms with E-state index in [9.17, 15) is 0 Å². The van der Waals surface area contributed by atoms with Crippen molar-refractivity contribution >= 4 is 0 Å². The minimum atomic E-state index is 0.0509. The summed E-state index contributed by atoms with van der Waals surface area (Å²) in [4.78, 5) is 0. The SMILES string of the molecule is COC1C=C[N]N1C. The number of methoxy groups -OCH3 is 1. The third kappa shape index (κ3) is 0.827. The monoisotopic (exact) mass is 113 g/mol. The van der Waals surface area contributed by atoms with Gasteiger partial charge in [0.1, 0.15) is 6.23 Å². The molecular formula is C5H9N2O. The fourth-order valence-electron chi connectivity index (χ4n) is 0.639. The quantitative estimate of drug-likeness (QED) is 0.476. The second kappa shape index (κ2) is 2.15. The molecule has 0 aliphatic carbocycles. The van der Waals surface area contributed by atoms with Gasteiger partial charge in [-0.2, -0.15) is 5.01 Å². The number of hydrogen-bond acceptors (Lipinski definition) is 2. The van der Waals surface area contributed by atoms with Gasteiger partial charge in [0.2, 0.25) is 0 Å². The van der Waals surface area contributed by atoms with Crippen molar-refractivity contribution in [1.29, 1.82) is 0 Å². The molecule has 3 heteroatoms. The van der Waals surface area contributed by atoms with Gasteiger partial charge in [0.15, 0.2) is 0 Å². The van der Waals surface area contributed by atoms with Crippen molar-refractivity contribution in [3.8, 4) is 0 Å². The zero-order valence-electron chi connectivity index (χ0n) is 5.03. The highest BCUT2D eigenvalue weighted by Crippen LogP contribution is 2.02. The summed E-state index contributed by atoms with van der Waals surface area (Å²) in [6.45, 7) is 0. The van der Waals surface area contributed by atoms with E-state index < -0.39 is 0 Å². The maximum atomic E-state index is 4.97. The predicted molar refractivity (Wildman–Crippen MR) is 29.8 cm³/mol. The van der Waals surface area contributed by atoms with Gasteiger partial charge < -0.3 is 4.74 Å². The van der Waals surface area contributed by atoms with Crippen LogP contribution < -0.4 is 5.43 Å². The third-order valence-electron chi connectivity index (χ3n) is 1.11. The summed E-state index contributed by atoms with van der Waals surface area (Å²) in [7, 11) is 3.53. The molecule has 0 amide bonds. The molecule has 0 saturated heterocycles. The van der Waals surface area contributed by atoms with Crippen molar-refractivity contribution in [1.82, 2.24) is 10.4 Å². The molecule has 1 aliphatic heterocycles. The lowest BCUT2D eigenvalue weighted by atomic mass is 10.5. The summed E-state index contributed by atoms with van der Waals surface area (Å²) in [5, 5.41) is 1.75. The van der Waals surface area contributed by atoms with Crippen LogP contribution in [0.5, 0.6) is 0 Å². The Kier molecular flexibility index (Phi) is 1.50. The van der Waals surface area contributed by atoms with Crippen LogP contribution in [0.3, 0.4) is 0 Å². The lowest BCUT2D eigenvalue weighted by molar-refractivity contribution is 0.00958. The van der Waals surface area contributed by atoms with Crippen molar-refractivity contribution in [2.24, 2.45) is 0 Å². The van der Waals surface area contributed by atoms with Crippen molar-refractivity contribution in [2.45, 2.75) is 6.23 Å². The largest absolute Gasteiger partial charge is 0.361 e. The first-order valence-corrected chi connectivity index (χ1v) is 2.47. The number of hydrogen-bond donors (Lipinski definition) is 0. The van der Waals surface area contributed by atoms with Crippen LogP contribution in [0, 0.1) is 0 Å². The van der Waals surface area contributed by atoms with Gasteiger partial charge >= 0.3 is 0 Å². The van der Waals surface area contributed by atoms with Crippen molar-refractivity contribution in [3.05, 3.63) is 12.3 Å². The second-order valence-corrected chi connectivity index (χ2v) is 1.66. The highest BCUT2D eigenvalue weighted by atomic mass is 16.5. The van der Waals surface area contributed by atoms with E-state index in [2.05, 4.69) is 5.43 Å². The molecule has 0 aromatic carbocycles. The van der Waals surface area contributed by atoms with Crippen LogP contribution in [0.4, 0.5) is 0 Å². The molecule has 0 fully saturated rings. The second-order valence-electron chi connectivity index (χ2n) is 1.66. The lowest BCUT2D eigenvalue weighted by Gasteiger charge is -2.14. The molecule has 0 bridgehead atoms. The van der Waals surface area contributed by atoms with Crippen LogP contribution in [0.2, 0.25) is 0 Å². The number of nitrogens with zero attached hydrogens (tertiary/aromatic N) is 2.